The van der Waals surface area contributed by atoms with Crippen molar-refractivity contribution in [3.63, 3.8) is 0 Å². The number of amides is 2. The van der Waals surface area contributed by atoms with Crippen LogP contribution in [0.15, 0.2) is 59.7 Å². The molecule has 2 aromatic heterocycles. The monoisotopic (exact) mass is 413 g/mol. The molecule has 0 aliphatic heterocycles. The van der Waals surface area contributed by atoms with Crippen LogP contribution in [0.3, 0.4) is 0 Å². The molecule has 3 rings (SSSR count). The second kappa shape index (κ2) is 9.92. The number of thioether (sulfide) groups is 1. The second-order valence-electron chi connectivity index (χ2n) is 6.45. The summed E-state index contributed by atoms with van der Waals surface area (Å²) in [5, 5.41) is 9.84. The average molecular weight is 414 g/mol. The van der Waals surface area contributed by atoms with Crippen molar-refractivity contribution in [3.05, 3.63) is 66.6 Å². The predicted molar refractivity (Wildman–Crippen MR) is 111 cm³/mol. The third-order valence-corrected chi connectivity index (χ3v) is 5.06. The first-order valence-electron chi connectivity index (χ1n) is 9.17. The Morgan fingerprint density at radius 3 is 2.62 bits per heavy atom. The Hall–Kier alpha value is -3.07. The number of nitrogens with zero attached hydrogens (tertiary/aromatic N) is 3. The summed E-state index contributed by atoms with van der Waals surface area (Å²) < 4.78 is 6.77. The third-order valence-electron chi connectivity index (χ3n) is 4.41. The van der Waals surface area contributed by atoms with Crippen molar-refractivity contribution in [1.82, 2.24) is 25.4 Å². The number of rotatable bonds is 9. The van der Waals surface area contributed by atoms with E-state index in [0.29, 0.717) is 6.42 Å². The molecule has 0 saturated carbocycles. The number of benzene rings is 1. The quantitative estimate of drug-likeness (QED) is 0.559. The summed E-state index contributed by atoms with van der Waals surface area (Å²) in [5.74, 6) is 0.300. The summed E-state index contributed by atoms with van der Waals surface area (Å²) in [6.45, 7) is 1.91. The van der Waals surface area contributed by atoms with Gasteiger partial charge in [-0.25, -0.2) is 9.67 Å². The largest absolute Gasteiger partial charge is 0.459 e. The van der Waals surface area contributed by atoms with Gasteiger partial charge in [0.2, 0.25) is 5.91 Å². The Balaban J connectivity index is 1.63. The Labute approximate surface area is 173 Å². The standard InChI is InChI=1S/C20H23N5O3S/c1-14(15-5-7-16(8-6-15)25-13-21-12-22-25)23-19(26)17(9-11-29-2)24-20(27)18-4-3-10-28-18/h3-8,10,12-14,17H,9,11H2,1-2H3,(H,23,26)(H,24,27). The van der Waals surface area contributed by atoms with E-state index in [0.717, 1.165) is 17.0 Å². The highest BCUT2D eigenvalue weighted by Gasteiger charge is 2.23. The Bertz CT molecular complexity index is 910. The van der Waals surface area contributed by atoms with Crippen molar-refractivity contribution >= 4 is 23.6 Å². The lowest BCUT2D eigenvalue weighted by molar-refractivity contribution is -0.123. The topological polar surface area (TPSA) is 102 Å². The zero-order valence-corrected chi connectivity index (χ0v) is 17.1. The van der Waals surface area contributed by atoms with Crippen LogP contribution in [0, 0.1) is 0 Å². The molecule has 8 nitrogen and oxygen atoms in total. The van der Waals surface area contributed by atoms with Crippen molar-refractivity contribution in [2.75, 3.05) is 12.0 Å². The minimum absolute atomic E-state index is 0.184. The maximum Gasteiger partial charge on any atom is 0.287 e. The fraction of sp³-hybridized carbons (Fsp3) is 0.300. The Kier molecular flexibility index (Phi) is 7.07. The first kappa shape index (κ1) is 20.7. The highest BCUT2D eigenvalue weighted by molar-refractivity contribution is 7.98. The zero-order chi connectivity index (χ0) is 20.6. The summed E-state index contributed by atoms with van der Waals surface area (Å²) >= 11 is 1.62. The molecule has 0 radical (unpaired) electrons. The molecule has 152 valence electrons. The summed E-state index contributed by atoms with van der Waals surface area (Å²) in [6.07, 6.45) is 7.01. The molecule has 2 N–H and O–H groups in total. The average Bonchev–Trinajstić information content (AvgIpc) is 3.45. The minimum atomic E-state index is -0.642. The number of hydrogen-bond acceptors (Lipinski definition) is 6. The zero-order valence-electron chi connectivity index (χ0n) is 16.2. The Morgan fingerprint density at radius 2 is 2.00 bits per heavy atom. The molecule has 0 aliphatic carbocycles. The summed E-state index contributed by atoms with van der Waals surface area (Å²) in [5.41, 5.74) is 1.83. The number of aromatic nitrogens is 3. The van der Waals surface area contributed by atoms with Crippen LogP contribution >= 0.6 is 11.8 Å². The summed E-state index contributed by atoms with van der Waals surface area (Å²) in [7, 11) is 0. The van der Waals surface area contributed by atoms with E-state index in [-0.39, 0.29) is 17.7 Å². The Morgan fingerprint density at radius 1 is 1.21 bits per heavy atom. The van der Waals surface area contributed by atoms with Gasteiger partial charge in [0.05, 0.1) is 18.0 Å². The van der Waals surface area contributed by atoms with Gasteiger partial charge in [-0.05, 0) is 55.2 Å². The van der Waals surface area contributed by atoms with Gasteiger partial charge in [0, 0.05) is 0 Å². The third kappa shape index (κ3) is 5.47. The van der Waals surface area contributed by atoms with Crippen LogP contribution in [-0.2, 0) is 4.79 Å². The van der Waals surface area contributed by atoms with Crippen molar-refractivity contribution < 1.29 is 14.0 Å². The SMILES string of the molecule is CSCCC(NC(=O)c1ccco1)C(=O)NC(C)c1ccc(-n2cncn2)cc1. The van der Waals surface area contributed by atoms with Crippen LogP contribution in [0.4, 0.5) is 0 Å². The normalized spacial score (nSPS) is 12.9. The van der Waals surface area contributed by atoms with Gasteiger partial charge in [-0.15, -0.1) is 0 Å². The lowest BCUT2D eigenvalue weighted by atomic mass is 10.1. The molecule has 9 heteroatoms. The van der Waals surface area contributed by atoms with Gasteiger partial charge < -0.3 is 15.1 Å². The molecule has 29 heavy (non-hydrogen) atoms. The summed E-state index contributed by atoms with van der Waals surface area (Å²) in [6, 6.07) is 10.0. The maximum atomic E-state index is 12.8. The van der Waals surface area contributed by atoms with Crippen LogP contribution in [0.5, 0.6) is 0 Å². The molecule has 3 aromatic rings. The molecule has 0 fully saturated rings. The van der Waals surface area contributed by atoms with E-state index in [1.54, 1.807) is 34.9 Å². The van der Waals surface area contributed by atoms with Gasteiger partial charge in [0.25, 0.3) is 5.91 Å². The van der Waals surface area contributed by atoms with Crippen molar-refractivity contribution in [2.24, 2.45) is 0 Å². The fourth-order valence-electron chi connectivity index (χ4n) is 2.80. The van der Waals surface area contributed by atoms with Crippen LogP contribution in [-0.4, -0.2) is 44.6 Å². The van der Waals surface area contributed by atoms with Crippen molar-refractivity contribution in [2.45, 2.75) is 25.4 Å². The predicted octanol–water partition coefficient (Wildman–Crippen LogP) is 2.59. The highest BCUT2D eigenvalue weighted by atomic mass is 32.2. The molecular weight excluding hydrogens is 390 g/mol. The van der Waals surface area contributed by atoms with E-state index in [9.17, 15) is 9.59 Å². The van der Waals surface area contributed by atoms with Crippen LogP contribution in [0.25, 0.3) is 5.69 Å². The van der Waals surface area contributed by atoms with Gasteiger partial charge in [0.15, 0.2) is 5.76 Å². The number of carbonyl (C=O) groups is 2. The lowest BCUT2D eigenvalue weighted by Crippen LogP contribution is -2.47. The molecule has 2 unspecified atom stereocenters. The molecule has 0 saturated heterocycles. The second-order valence-corrected chi connectivity index (χ2v) is 7.43. The van der Waals surface area contributed by atoms with E-state index < -0.39 is 11.9 Å². The van der Waals surface area contributed by atoms with Gasteiger partial charge in [-0.3, -0.25) is 9.59 Å². The molecule has 0 bridgehead atoms. The van der Waals surface area contributed by atoms with Gasteiger partial charge in [0.1, 0.15) is 18.7 Å². The lowest BCUT2D eigenvalue weighted by Gasteiger charge is -2.21. The molecule has 0 spiro atoms. The molecule has 2 heterocycles. The van der Waals surface area contributed by atoms with Crippen LogP contribution in [0.1, 0.15) is 35.5 Å². The van der Waals surface area contributed by atoms with Crippen LogP contribution < -0.4 is 10.6 Å². The molecular formula is C20H23N5O3S. The highest BCUT2D eigenvalue weighted by Crippen LogP contribution is 2.16. The number of hydrogen-bond donors (Lipinski definition) is 2. The molecule has 2 atom stereocenters. The smallest absolute Gasteiger partial charge is 0.287 e. The van der Waals surface area contributed by atoms with Gasteiger partial charge >= 0.3 is 0 Å². The first-order valence-corrected chi connectivity index (χ1v) is 10.6. The van der Waals surface area contributed by atoms with E-state index in [1.165, 1.54) is 12.6 Å². The minimum Gasteiger partial charge on any atom is -0.459 e. The summed E-state index contributed by atoms with van der Waals surface area (Å²) in [4.78, 5) is 29.0. The number of nitrogens with one attached hydrogen (secondary N) is 2. The fourth-order valence-corrected chi connectivity index (χ4v) is 3.27. The number of furan rings is 1. The maximum absolute atomic E-state index is 12.8. The van der Waals surface area contributed by atoms with E-state index >= 15 is 0 Å². The van der Waals surface area contributed by atoms with E-state index in [4.69, 9.17) is 4.42 Å². The van der Waals surface area contributed by atoms with Gasteiger partial charge in [-0.1, -0.05) is 12.1 Å². The molecule has 1 aromatic carbocycles. The molecule has 0 aliphatic rings. The van der Waals surface area contributed by atoms with E-state index in [1.807, 2.05) is 37.4 Å². The van der Waals surface area contributed by atoms with Gasteiger partial charge in [-0.2, -0.15) is 16.9 Å². The van der Waals surface area contributed by atoms with Crippen molar-refractivity contribution in [1.29, 1.82) is 0 Å². The number of carbonyl (C=O) groups excluding carboxylic acids is 2. The van der Waals surface area contributed by atoms with Crippen molar-refractivity contribution in [3.8, 4) is 5.69 Å². The van der Waals surface area contributed by atoms with Crippen LogP contribution in [0.2, 0.25) is 0 Å². The molecule has 2 amide bonds. The van der Waals surface area contributed by atoms with E-state index in [2.05, 4.69) is 20.7 Å². The first-order chi connectivity index (χ1) is 14.1.